The maximum atomic E-state index is 15.0. The summed E-state index contributed by atoms with van der Waals surface area (Å²) in [6, 6.07) is 11.5. The summed E-state index contributed by atoms with van der Waals surface area (Å²) in [6.45, 7) is 18.1. The Morgan fingerprint density at radius 2 is 1.67 bits per heavy atom. The van der Waals surface area contributed by atoms with Crippen molar-refractivity contribution in [3.05, 3.63) is 78.9 Å². The number of carbonyl (C=O) groups is 3. The molecule has 6 atom stereocenters. The number of para-hydroxylation sites is 1. The van der Waals surface area contributed by atoms with Crippen LogP contribution >= 0.6 is 0 Å². The van der Waals surface area contributed by atoms with Crippen molar-refractivity contribution in [1.29, 1.82) is 0 Å². The normalized spacial score (nSPS) is 26.9. The van der Waals surface area contributed by atoms with E-state index in [0.717, 1.165) is 16.8 Å². The molecule has 1 spiro atoms. The molecule has 9 nitrogen and oxygen atoms in total. The van der Waals surface area contributed by atoms with Crippen LogP contribution in [0.1, 0.15) is 51.2 Å². The summed E-state index contributed by atoms with van der Waals surface area (Å²) in [5, 5.41) is 10.5. The van der Waals surface area contributed by atoms with Gasteiger partial charge in [0.1, 0.15) is 17.4 Å². The number of hydrogen-bond acceptors (Lipinski definition) is 6. The Balaban J connectivity index is 1.62. The first kappa shape index (κ1) is 33.4. The molecule has 3 amide bonds. The molecule has 2 aromatic rings. The van der Waals surface area contributed by atoms with Crippen molar-refractivity contribution in [3.8, 4) is 5.75 Å². The average Bonchev–Trinajstić information content (AvgIpc) is 3.61. The summed E-state index contributed by atoms with van der Waals surface area (Å²) in [5.41, 5.74) is 1.05. The minimum atomic E-state index is -1.24. The van der Waals surface area contributed by atoms with Crippen LogP contribution in [0.4, 0.5) is 11.4 Å². The summed E-state index contributed by atoms with van der Waals surface area (Å²) in [6.07, 6.45) is 4.72. The average molecular weight is 630 g/mol. The highest BCUT2D eigenvalue weighted by Gasteiger charge is 2.79. The van der Waals surface area contributed by atoms with Gasteiger partial charge in [0.15, 0.2) is 0 Å². The number of aliphatic hydroxyl groups excluding tert-OH is 1. The number of amides is 3. The van der Waals surface area contributed by atoms with E-state index in [1.54, 1.807) is 22.0 Å². The van der Waals surface area contributed by atoms with Crippen LogP contribution in [-0.4, -0.2) is 77.3 Å². The second-order valence-corrected chi connectivity index (χ2v) is 12.9. The van der Waals surface area contributed by atoms with Gasteiger partial charge in [0, 0.05) is 24.5 Å². The molecule has 46 heavy (non-hydrogen) atoms. The number of anilines is 2. The lowest BCUT2D eigenvalue weighted by Crippen LogP contribution is -2.59. The SMILES string of the molecule is C=CCN(C(=O)[C@H]1[C@H]2C(=O)N([C@@H](CC)CO)C(C(=O)N(CC=C)c3c(C)cccc3C)C23CC[C@]1(C)O3)c1ccc(OCC)cc1. The molecule has 0 radical (unpaired) electrons. The molecule has 2 bridgehead atoms. The van der Waals surface area contributed by atoms with Crippen molar-refractivity contribution in [3.63, 3.8) is 0 Å². The molecule has 3 heterocycles. The van der Waals surface area contributed by atoms with Crippen LogP contribution < -0.4 is 14.5 Å². The van der Waals surface area contributed by atoms with E-state index in [9.17, 15) is 19.5 Å². The van der Waals surface area contributed by atoms with Crippen molar-refractivity contribution in [2.75, 3.05) is 36.1 Å². The number of aryl methyl sites for hydroxylation is 2. The van der Waals surface area contributed by atoms with Crippen LogP contribution in [0, 0.1) is 25.7 Å². The number of aliphatic hydroxyl groups is 1. The fraction of sp³-hybridized carbons (Fsp3) is 0.486. The van der Waals surface area contributed by atoms with E-state index in [4.69, 9.17) is 9.47 Å². The Hall–Kier alpha value is -3.95. The van der Waals surface area contributed by atoms with Gasteiger partial charge in [-0.25, -0.2) is 0 Å². The summed E-state index contributed by atoms with van der Waals surface area (Å²) in [7, 11) is 0. The zero-order chi connectivity index (χ0) is 33.4. The van der Waals surface area contributed by atoms with Crippen LogP contribution in [0.5, 0.6) is 5.75 Å². The van der Waals surface area contributed by atoms with Crippen molar-refractivity contribution < 1.29 is 29.0 Å². The predicted octanol–water partition coefficient (Wildman–Crippen LogP) is 4.98. The number of likely N-dealkylation sites (tertiary alicyclic amines) is 1. The van der Waals surface area contributed by atoms with Crippen LogP contribution in [0.2, 0.25) is 0 Å². The minimum absolute atomic E-state index is 0.226. The van der Waals surface area contributed by atoms with E-state index in [1.165, 1.54) is 4.90 Å². The molecule has 3 fully saturated rings. The number of hydrogen-bond donors (Lipinski definition) is 1. The highest BCUT2D eigenvalue weighted by atomic mass is 16.5. The van der Waals surface area contributed by atoms with E-state index in [2.05, 4.69) is 13.2 Å². The molecule has 3 saturated heterocycles. The third-order valence-corrected chi connectivity index (χ3v) is 10.1. The second kappa shape index (κ2) is 13.0. The molecule has 2 aromatic carbocycles. The molecule has 3 aliphatic rings. The molecule has 0 aromatic heterocycles. The van der Waals surface area contributed by atoms with Gasteiger partial charge in [-0.2, -0.15) is 0 Å². The predicted molar refractivity (Wildman–Crippen MR) is 179 cm³/mol. The molecular formula is C37H47N3O6. The zero-order valence-electron chi connectivity index (χ0n) is 27.7. The van der Waals surface area contributed by atoms with E-state index in [1.807, 2.05) is 77.1 Å². The molecule has 2 unspecified atom stereocenters. The molecule has 5 rings (SSSR count). The number of benzene rings is 2. The Morgan fingerprint density at radius 3 is 2.24 bits per heavy atom. The third kappa shape index (κ3) is 5.23. The lowest BCUT2D eigenvalue weighted by Gasteiger charge is -2.39. The highest BCUT2D eigenvalue weighted by molar-refractivity contribution is 6.07. The van der Waals surface area contributed by atoms with Crippen LogP contribution in [0.25, 0.3) is 0 Å². The van der Waals surface area contributed by atoms with Gasteiger partial charge in [0.2, 0.25) is 11.8 Å². The maximum absolute atomic E-state index is 15.0. The fourth-order valence-electron chi connectivity index (χ4n) is 8.13. The lowest BCUT2D eigenvalue weighted by atomic mass is 9.66. The molecule has 3 aliphatic heterocycles. The largest absolute Gasteiger partial charge is 0.494 e. The van der Waals surface area contributed by atoms with E-state index < -0.39 is 35.1 Å². The molecule has 9 heteroatoms. The number of nitrogens with zero attached hydrogens (tertiary/aromatic N) is 3. The molecule has 0 saturated carbocycles. The van der Waals surface area contributed by atoms with E-state index >= 15 is 0 Å². The molecular weight excluding hydrogens is 582 g/mol. The third-order valence-electron chi connectivity index (χ3n) is 10.1. The van der Waals surface area contributed by atoms with Gasteiger partial charge in [-0.15, -0.1) is 13.2 Å². The zero-order valence-corrected chi connectivity index (χ0v) is 27.7. The van der Waals surface area contributed by atoms with Crippen molar-refractivity contribution >= 4 is 29.1 Å². The lowest BCUT2D eigenvalue weighted by molar-refractivity contribution is -0.148. The van der Waals surface area contributed by atoms with Gasteiger partial charge in [-0.1, -0.05) is 37.3 Å². The molecule has 0 aliphatic carbocycles. The topological polar surface area (TPSA) is 99.6 Å². The second-order valence-electron chi connectivity index (χ2n) is 12.9. The van der Waals surface area contributed by atoms with E-state index in [-0.39, 0.29) is 37.4 Å². The fourth-order valence-corrected chi connectivity index (χ4v) is 8.13. The number of rotatable bonds is 13. The molecule has 246 valence electrons. The Morgan fingerprint density at radius 1 is 1.04 bits per heavy atom. The van der Waals surface area contributed by atoms with Gasteiger partial charge in [0.05, 0.1) is 36.7 Å². The van der Waals surface area contributed by atoms with Gasteiger partial charge >= 0.3 is 0 Å². The van der Waals surface area contributed by atoms with Gasteiger partial charge in [0.25, 0.3) is 5.91 Å². The first-order chi connectivity index (χ1) is 22.0. The quantitative estimate of drug-likeness (QED) is 0.314. The van der Waals surface area contributed by atoms with Crippen molar-refractivity contribution in [2.45, 2.75) is 77.2 Å². The van der Waals surface area contributed by atoms with Gasteiger partial charge in [-0.3, -0.25) is 14.4 Å². The first-order valence-corrected chi connectivity index (χ1v) is 16.3. The maximum Gasteiger partial charge on any atom is 0.253 e. The summed E-state index contributed by atoms with van der Waals surface area (Å²) < 4.78 is 12.5. The number of ether oxygens (including phenoxy) is 2. The van der Waals surface area contributed by atoms with Crippen molar-refractivity contribution in [1.82, 2.24) is 4.90 Å². The van der Waals surface area contributed by atoms with Crippen LogP contribution in [-0.2, 0) is 19.1 Å². The van der Waals surface area contributed by atoms with Crippen molar-refractivity contribution in [2.24, 2.45) is 11.8 Å². The van der Waals surface area contributed by atoms with Crippen LogP contribution in [0.3, 0.4) is 0 Å². The standard InChI is InChI=1S/C37H47N3O6/c1-8-21-38(27-15-17-28(18-16-27)45-11-4)33(42)29-30-34(43)40(26(10-3)23-41)32(37(30)20-19-36(29,7)46-37)35(44)39(22-9-2)31-24(5)13-12-14-25(31)6/h8-9,12-18,26,29-30,32,41H,1-2,10-11,19-23H2,3-7H3/t26-,29+,30-,32?,36-,37?/m0/s1. The summed E-state index contributed by atoms with van der Waals surface area (Å²) in [4.78, 5) is 49.3. The van der Waals surface area contributed by atoms with Crippen LogP contribution in [0.15, 0.2) is 67.8 Å². The van der Waals surface area contributed by atoms with Gasteiger partial charge in [-0.05, 0) is 82.3 Å². The monoisotopic (exact) mass is 629 g/mol. The number of fused-ring (bicyclic) bond motifs is 1. The Bertz CT molecular complexity index is 1480. The van der Waals surface area contributed by atoms with E-state index in [0.29, 0.717) is 37.3 Å². The molecule has 1 N–H and O–H groups in total. The summed E-state index contributed by atoms with van der Waals surface area (Å²) >= 11 is 0. The Kier molecular flexibility index (Phi) is 9.47. The van der Waals surface area contributed by atoms with Gasteiger partial charge < -0.3 is 29.3 Å². The summed E-state index contributed by atoms with van der Waals surface area (Å²) in [5.74, 6) is -1.93. The Labute approximate surface area is 272 Å². The smallest absolute Gasteiger partial charge is 0.253 e. The highest BCUT2D eigenvalue weighted by Crippen LogP contribution is 2.64. The number of carbonyl (C=O) groups excluding carboxylic acids is 3. The first-order valence-electron chi connectivity index (χ1n) is 16.3. The minimum Gasteiger partial charge on any atom is -0.494 e.